The Balaban J connectivity index is 1.36. The van der Waals surface area contributed by atoms with Crippen LogP contribution < -0.4 is 24.3 Å². The van der Waals surface area contributed by atoms with E-state index in [4.69, 9.17) is 23.7 Å². The highest BCUT2D eigenvalue weighted by molar-refractivity contribution is 5.86. The number of likely N-dealkylation sites (N-methyl/N-ethyl adjacent to an activating group) is 1. The van der Waals surface area contributed by atoms with Crippen molar-refractivity contribution in [2.24, 2.45) is 0 Å². The highest BCUT2D eigenvalue weighted by Crippen LogP contribution is 2.58. The van der Waals surface area contributed by atoms with Crippen molar-refractivity contribution in [3.05, 3.63) is 39.4 Å². The summed E-state index contributed by atoms with van der Waals surface area (Å²) >= 11 is 0. The van der Waals surface area contributed by atoms with E-state index in [0.29, 0.717) is 71.9 Å². The van der Waals surface area contributed by atoms with Gasteiger partial charge in [0, 0.05) is 54.4 Å². The Bertz CT molecular complexity index is 1880. The fourth-order valence-electron chi connectivity index (χ4n) is 9.20. The lowest BCUT2D eigenvalue weighted by Crippen LogP contribution is -2.69. The number of phenols is 1. The molecule has 2 fully saturated rings. The van der Waals surface area contributed by atoms with E-state index < -0.39 is 47.9 Å². The first-order chi connectivity index (χ1) is 24.7. The van der Waals surface area contributed by atoms with Crippen LogP contribution in [0.15, 0.2) is 6.07 Å². The first-order valence-electron chi connectivity index (χ1n) is 17.9. The number of carbonyl (C=O) groups excluding carboxylic acids is 3. The molecule has 2 N–H and O–H groups in total. The third kappa shape index (κ3) is 5.65. The van der Waals surface area contributed by atoms with Crippen molar-refractivity contribution in [2.75, 3.05) is 34.0 Å². The van der Waals surface area contributed by atoms with Crippen molar-refractivity contribution in [1.82, 2.24) is 20.0 Å². The van der Waals surface area contributed by atoms with Gasteiger partial charge in [-0.2, -0.15) is 5.26 Å². The summed E-state index contributed by atoms with van der Waals surface area (Å²) in [7, 11) is 3.50. The molecule has 1 unspecified atom stereocenters. The highest BCUT2D eigenvalue weighted by atomic mass is 16.7. The van der Waals surface area contributed by atoms with Gasteiger partial charge < -0.3 is 34.1 Å². The van der Waals surface area contributed by atoms with Crippen LogP contribution in [0.25, 0.3) is 0 Å². The van der Waals surface area contributed by atoms with E-state index in [1.54, 1.807) is 20.8 Å². The lowest BCUT2D eigenvalue weighted by atomic mass is 9.71. The van der Waals surface area contributed by atoms with E-state index in [1.807, 2.05) is 27.0 Å². The number of piperazine rings is 1. The number of likely N-dealkylation sites (tertiary alicyclic amines) is 1. The van der Waals surface area contributed by atoms with Gasteiger partial charge in [0.1, 0.15) is 23.4 Å². The molecule has 0 aliphatic carbocycles. The van der Waals surface area contributed by atoms with Crippen LogP contribution in [-0.2, 0) is 27.2 Å². The van der Waals surface area contributed by atoms with Crippen LogP contribution in [-0.4, -0.2) is 102 Å². The Morgan fingerprint density at radius 1 is 1.10 bits per heavy atom. The normalized spacial score (nSPS) is 26.1. The highest BCUT2D eigenvalue weighted by Gasteiger charge is 2.57. The molecule has 2 aromatic rings. The summed E-state index contributed by atoms with van der Waals surface area (Å²) in [6.07, 6.45) is 1.43. The third-order valence-corrected chi connectivity index (χ3v) is 11.2. The molecular formula is C38H47N5O9. The predicted molar refractivity (Wildman–Crippen MR) is 186 cm³/mol. The molecule has 14 heteroatoms. The Kier molecular flexibility index (Phi) is 8.94. The minimum absolute atomic E-state index is 0.0440. The van der Waals surface area contributed by atoms with Crippen molar-refractivity contribution in [1.29, 1.82) is 5.26 Å². The number of phenolic OH excluding ortho intramolecular Hbond substituents is 1. The summed E-state index contributed by atoms with van der Waals surface area (Å²) in [5.74, 6) is 0.904. The lowest BCUT2D eigenvalue weighted by molar-refractivity contribution is -0.132. The van der Waals surface area contributed by atoms with Crippen LogP contribution in [0, 0.1) is 25.2 Å². The standard InChI is InChI=1S/C38H47N5O9/c1-18-12-21-13-24-26(15-39)43-25(30(41(24)7)28(21)31(45)32(18)48-8)14-22-29(35-34(49-17-50-35)19(2)33(22)51-20(3)44)27(43)16-40-36(46)23-10-9-11-42(23)37(47)52-38(4,5)6/h12,23-27,30,45H,9-11,13-14,16-17H2,1-8H3,(H,40,46)/t23-,24+,25?,26-,27-,30+/m0/s1. The molecular weight excluding hydrogens is 670 g/mol. The Hall–Kier alpha value is -4.74. The van der Waals surface area contributed by atoms with Crippen molar-refractivity contribution in [3.8, 4) is 34.8 Å². The van der Waals surface area contributed by atoms with Crippen LogP contribution >= 0.6 is 0 Å². The number of nitrogens with zero attached hydrogens (tertiary/aromatic N) is 4. The van der Waals surface area contributed by atoms with E-state index in [-0.39, 0.29) is 31.0 Å². The molecule has 5 aliphatic rings. The number of esters is 1. The number of methoxy groups -OCH3 is 1. The van der Waals surface area contributed by atoms with Gasteiger partial charge in [-0.3, -0.25) is 24.3 Å². The SMILES string of the molecule is COc1c(C)cc2c(c1O)[C@H]1C3Cc4c(OC(C)=O)c(C)c5c(c4[C@H](CNC(=O)[C@@H]4CCCN4C(=O)OC(C)(C)C)N3[C@@H](C#N)[C@@H](C2)N1C)OCO5. The number of nitrogens with one attached hydrogen (secondary N) is 1. The number of carbonyl (C=O) groups is 3. The molecule has 0 radical (unpaired) electrons. The van der Waals surface area contributed by atoms with Gasteiger partial charge in [-0.1, -0.05) is 6.07 Å². The molecule has 2 saturated heterocycles. The minimum atomic E-state index is -0.730. The monoisotopic (exact) mass is 717 g/mol. The number of ether oxygens (including phenoxy) is 5. The zero-order valence-electron chi connectivity index (χ0n) is 31.0. The van der Waals surface area contributed by atoms with E-state index in [1.165, 1.54) is 18.9 Å². The van der Waals surface area contributed by atoms with Gasteiger partial charge in [0.05, 0.1) is 25.3 Å². The number of nitriles is 1. The zero-order chi connectivity index (χ0) is 37.4. The second kappa shape index (κ2) is 13.0. The first kappa shape index (κ1) is 35.7. The summed E-state index contributed by atoms with van der Waals surface area (Å²) in [6, 6.07) is 1.55. The molecule has 6 atom stereocenters. The van der Waals surface area contributed by atoms with Gasteiger partial charge in [-0.15, -0.1) is 0 Å². The van der Waals surface area contributed by atoms with Gasteiger partial charge in [0.2, 0.25) is 12.7 Å². The Labute approximate surface area is 303 Å². The van der Waals surface area contributed by atoms with Gasteiger partial charge in [0.25, 0.3) is 0 Å². The topological polar surface area (TPSA) is 163 Å². The summed E-state index contributed by atoms with van der Waals surface area (Å²) in [6.45, 7) is 10.8. The number of benzene rings is 2. The molecule has 5 heterocycles. The Morgan fingerprint density at radius 3 is 2.50 bits per heavy atom. The molecule has 2 amide bonds. The number of rotatable bonds is 5. The number of fused-ring (bicyclic) bond motifs is 9. The molecule has 2 aromatic carbocycles. The van der Waals surface area contributed by atoms with E-state index >= 15 is 0 Å². The van der Waals surface area contributed by atoms with Crippen LogP contribution in [0.1, 0.15) is 86.0 Å². The average molecular weight is 718 g/mol. The molecule has 2 bridgehead atoms. The number of amides is 2. The Morgan fingerprint density at radius 2 is 1.83 bits per heavy atom. The fraction of sp³-hybridized carbons (Fsp3) is 0.579. The lowest BCUT2D eigenvalue weighted by Gasteiger charge is -2.60. The number of aryl methyl sites for hydroxylation is 1. The molecule has 5 aliphatic heterocycles. The molecule has 14 nitrogen and oxygen atoms in total. The predicted octanol–water partition coefficient (Wildman–Crippen LogP) is 3.96. The van der Waals surface area contributed by atoms with Crippen LogP contribution in [0.2, 0.25) is 0 Å². The van der Waals surface area contributed by atoms with Crippen LogP contribution in [0.5, 0.6) is 28.7 Å². The number of aromatic hydroxyl groups is 1. The van der Waals surface area contributed by atoms with Gasteiger partial charge in [-0.05, 0) is 78.5 Å². The van der Waals surface area contributed by atoms with E-state index in [9.17, 15) is 24.8 Å². The zero-order valence-corrected chi connectivity index (χ0v) is 31.0. The van der Waals surface area contributed by atoms with Crippen LogP contribution in [0.3, 0.4) is 0 Å². The van der Waals surface area contributed by atoms with Gasteiger partial charge >= 0.3 is 12.1 Å². The number of hydrogen-bond acceptors (Lipinski definition) is 12. The van der Waals surface area contributed by atoms with Crippen molar-refractivity contribution in [2.45, 2.75) is 109 Å². The second-order valence-electron chi connectivity index (χ2n) is 15.4. The van der Waals surface area contributed by atoms with Crippen LogP contribution in [0.4, 0.5) is 4.79 Å². The fourth-order valence-corrected chi connectivity index (χ4v) is 9.20. The molecule has 52 heavy (non-hydrogen) atoms. The summed E-state index contributed by atoms with van der Waals surface area (Å²) < 4.78 is 29.3. The molecule has 278 valence electrons. The summed E-state index contributed by atoms with van der Waals surface area (Å²) in [5.41, 5.74) is 3.75. The third-order valence-electron chi connectivity index (χ3n) is 11.2. The van der Waals surface area contributed by atoms with Crippen molar-refractivity contribution in [3.63, 3.8) is 0 Å². The first-order valence-corrected chi connectivity index (χ1v) is 17.9. The molecule has 7 rings (SSSR count). The maximum absolute atomic E-state index is 14.0. The smallest absolute Gasteiger partial charge is 0.410 e. The average Bonchev–Trinajstić information content (AvgIpc) is 3.76. The summed E-state index contributed by atoms with van der Waals surface area (Å²) in [5, 5.41) is 25.9. The maximum Gasteiger partial charge on any atom is 0.410 e. The van der Waals surface area contributed by atoms with E-state index in [0.717, 1.165) is 16.7 Å². The second-order valence-corrected chi connectivity index (χ2v) is 15.4. The molecule has 0 spiro atoms. The molecule has 0 saturated carbocycles. The summed E-state index contributed by atoms with van der Waals surface area (Å²) in [4.78, 5) is 45.5. The molecule has 0 aromatic heterocycles. The maximum atomic E-state index is 14.0. The largest absolute Gasteiger partial charge is 0.504 e. The van der Waals surface area contributed by atoms with Crippen molar-refractivity contribution < 1.29 is 43.2 Å². The van der Waals surface area contributed by atoms with Gasteiger partial charge in [-0.25, -0.2) is 4.79 Å². The van der Waals surface area contributed by atoms with Gasteiger partial charge in [0.15, 0.2) is 23.0 Å². The number of hydrogen-bond donors (Lipinski definition) is 2. The van der Waals surface area contributed by atoms with E-state index in [2.05, 4.69) is 21.2 Å². The quantitative estimate of drug-likeness (QED) is 0.339. The van der Waals surface area contributed by atoms with Crippen molar-refractivity contribution >= 4 is 18.0 Å². The minimum Gasteiger partial charge on any atom is -0.504 e.